The second-order valence-corrected chi connectivity index (χ2v) is 6.10. The van der Waals surface area contributed by atoms with Crippen LogP contribution >= 0.6 is 0 Å². The van der Waals surface area contributed by atoms with Gasteiger partial charge < -0.3 is 15.0 Å². The molecule has 0 heterocycles. The van der Waals surface area contributed by atoms with Crippen LogP contribution in [0, 0.1) is 5.41 Å². The summed E-state index contributed by atoms with van der Waals surface area (Å²) in [5.74, 6) is -0.257. The second-order valence-electron chi connectivity index (χ2n) is 6.10. The number of amides is 2. The van der Waals surface area contributed by atoms with Gasteiger partial charge in [0.05, 0.1) is 7.11 Å². The average Bonchev–Trinajstić information content (AvgIpc) is 2.41. The average molecular weight is 300 g/mol. The number of carbonyl (C=O) groups excluding carboxylic acids is 3. The molecule has 0 atom stereocenters. The van der Waals surface area contributed by atoms with Crippen molar-refractivity contribution in [1.82, 2.24) is 10.2 Å². The van der Waals surface area contributed by atoms with Crippen molar-refractivity contribution in [1.29, 1.82) is 0 Å². The van der Waals surface area contributed by atoms with E-state index in [4.69, 9.17) is 0 Å². The molecule has 1 N–H and O–H groups in total. The molecule has 0 unspecified atom stereocenters. The minimum absolute atomic E-state index is 0.0126. The first-order valence-electron chi connectivity index (χ1n) is 7.27. The van der Waals surface area contributed by atoms with Gasteiger partial charge in [0.25, 0.3) is 0 Å². The summed E-state index contributed by atoms with van der Waals surface area (Å²) >= 11 is 0. The third kappa shape index (κ3) is 9.05. The van der Waals surface area contributed by atoms with E-state index in [9.17, 15) is 14.4 Å². The molecule has 6 nitrogen and oxygen atoms in total. The molecule has 2 amide bonds. The Morgan fingerprint density at radius 2 is 1.71 bits per heavy atom. The Hall–Kier alpha value is -1.59. The standard InChI is InChI=1S/C15H28N2O4/c1-15(2,3)14(20)16-10-6-8-12(18)17(4)11-7-9-13(19)21-5/h6-11H2,1-5H3,(H,16,20). The van der Waals surface area contributed by atoms with E-state index in [1.54, 1.807) is 11.9 Å². The van der Waals surface area contributed by atoms with Crippen molar-refractivity contribution in [3.63, 3.8) is 0 Å². The lowest BCUT2D eigenvalue weighted by Gasteiger charge is -2.19. The Morgan fingerprint density at radius 3 is 2.24 bits per heavy atom. The zero-order chi connectivity index (χ0) is 16.5. The molecule has 122 valence electrons. The van der Waals surface area contributed by atoms with Gasteiger partial charge in [0.1, 0.15) is 0 Å². The van der Waals surface area contributed by atoms with Gasteiger partial charge in [0.15, 0.2) is 0 Å². The molecule has 0 spiro atoms. The highest BCUT2D eigenvalue weighted by molar-refractivity contribution is 5.81. The first-order chi connectivity index (χ1) is 9.68. The lowest BCUT2D eigenvalue weighted by molar-refractivity contribution is -0.141. The summed E-state index contributed by atoms with van der Waals surface area (Å²) in [5.41, 5.74) is -0.408. The number of nitrogens with zero attached hydrogens (tertiary/aromatic N) is 1. The Bertz CT molecular complexity index is 361. The Labute approximate surface area is 127 Å². The van der Waals surface area contributed by atoms with Gasteiger partial charge in [-0.05, 0) is 12.8 Å². The van der Waals surface area contributed by atoms with Crippen LogP contribution in [0.15, 0.2) is 0 Å². The molecule has 0 aliphatic carbocycles. The smallest absolute Gasteiger partial charge is 0.305 e. The fourth-order valence-corrected chi connectivity index (χ4v) is 1.58. The van der Waals surface area contributed by atoms with Crippen LogP contribution < -0.4 is 5.32 Å². The van der Waals surface area contributed by atoms with Gasteiger partial charge in [-0.3, -0.25) is 14.4 Å². The predicted octanol–water partition coefficient (Wildman–Crippen LogP) is 1.34. The second kappa shape index (κ2) is 9.37. The van der Waals surface area contributed by atoms with Gasteiger partial charge in [0, 0.05) is 38.4 Å². The van der Waals surface area contributed by atoms with E-state index in [2.05, 4.69) is 10.1 Å². The highest BCUT2D eigenvalue weighted by Gasteiger charge is 2.20. The van der Waals surface area contributed by atoms with E-state index in [1.807, 2.05) is 20.8 Å². The van der Waals surface area contributed by atoms with Crippen LogP contribution in [0.25, 0.3) is 0 Å². The Kier molecular flexibility index (Phi) is 8.66. The maximum atomic E-state index is 11.8. The van der Waals surface area contributed by atoms with Gasteiger partial charge in [-0.1, -0.05) is 20.8 Å². The monoisotopic (exact) mass is 300 g/mol. The lowest BCUT2D eigenvalue weighted by atomic mass is 9.96. The molecular formula is C15H28N2O4. The van der Waals surface area contributed by atoms with Crippen LogP contribution in [0.3, 0.4) is 0 Å². The molecular weight excluding hydrogens is 272 g/mol. The van der Waals surface area contributed by atoms with Crippen molar-refractivity contribution >= 4 is 17.8 Å². The van der Waals surface area contributed by atoms with Gasteiger partial charge in [-0.15, -0.1) is 0 Å². The number of ether oxygens (including phenoxy) is 1. The minimum atomic E-state index is -0.408. The summed E-state index contributed by atoms with van der Waals surface area (Å²) in [6.45, 7) is 6.58. The van der Waals surface area contributed by atoms with Crippen LogP contribution in [-0.2, 0) is 19.1 Å². The van der Waals surface area contributed by atoms with Crippen molar-refractivity contribution in [2.75, 3.05) is 27.2 Å². The molecule has 0 aromatic heterocycles. The summed E-state index contributed by atoms with van der Waals surface area (Å²) in [7, 11) is 3.07. The number of rotatable bonds is 8. The topological polar surface area (TPSA) is 75.7 Å². The highest BCUT2D eigenvalue weighted by atomic mass is 16.5. The number of hydrogen-bond acceptors (Lipinski definition) is 4. The van der Waals surface area contributed by atoms with Crippen LogP contribution in [0.1, 0.15) is 46.5 Å². The molecule has 0 saturated heterocycles. The van der Waals surface area contributed by atoms with Gasteiger partial charge in [0.2, 0.25) is 11.8 Å². The summed E-state index contributed by atoms with van der Waals surface area (Å²) in [4.78, 5) is 36.0. The number of nitrogens with one attached hydrogen (secondary N) is 1. The van der Waals surface area contributed by atoms with Crippen LogP contribution in [0.5, 0.6) is 0 Å². The normalized spacial score (nSPS) is 10.9. The van der Waals surface area contributed by atoms with Crippen molar-refractivity contribution in [3.05, 3.63) is 0 Å². The molecule has 0 aliphatic rings. The fourth-order valence-electron chi connectivity index (χ4n) is 1.58. The Balaban J connectivity index is 3.79. The largest absolute Gasteiger partial charge is 0.469 e. The van der Waals surface area contributed by atoms with E-state index in [0.29, 0.717) is 38.8 Å². The van der Waals surface area contributed by atoms with E-state index in [0.717, 1.165) is 0 Å². The summed E-state index contributed by atoms with van der Waals surface area (Å²) in [6, 6.07) is 0. The maximum Gasteiger partial charge on any atom is 0.305 e. The summed E-state index contributed by atoms with van der Waals surface area (Å²) in [5, 5.41) is 2.81. The summed E-state index contributed by atoms with van der Waals surface area (Å²) in [6.07, 6.45) is 1.91. The number of carbonyl (C=O) groups is 3. The zero-order valence-corrected chi connectivity index (χ0v) is 13.8. The Morgan fingerprint density at radius 1 is 1.10 bits per heavy atom. The van der Waals surface area contributed by atoms with Crippen molar-refractivity contribution in [2.45, 2.75) is 46.5 Å². The number of esters is 1. The fraction of sp³-hybridized carbons (Fsp3) is 0.800. The molecule has 0 aromatic carbocycles. The third-order valence-corrected chi connectivity index (χ3v) is 3.06. The van der Waals surface area contributed by atoms with E-state index in [1.165, 1.54) is 7.11 Å². The molecule has 0 rings (SSSR count). The lowest BCUT2D eigenvalue weighted by Crippen LogP contribution is -2.36. The van der Waals surface area contributed by atoms with Crippen LogP contribution in [-0.4, -0.2) is 49.9 Å². The van der Waals surface area contributed by atoms with Gasteiger partial charge in [-0.2, -0.15) is 0 Å². The third-order valence-electron chi connectivity index (χ3n) is 3.06. The molecule has 0 fully saturated rings. The van der Waals surface area contributed by atoms with Crippen molar-refractivity contribution in [2.24, 2.45) is 5.41 Å². The minimum Gasteiger partial charge on any atom is -0.469 e. The van der Waals surface area contributed by atoms with Gasteiger partial charge >= 0.3 is 5.97 Å². The first-order valence-corrected chi connectivity index (χ1v) is 7.27. The predicted molar refractivity (Wildman–Crippen MR) is 80.6 cm³/mol. The summed E-state index contributed by atoms with van der Waals surface area (Å²) < 4.78 is 4.54. The molecule has 21 heavy (non-hydrogen) atoms. The molecule has 0 saturated carbocycles. The first kappa shape index (κ1) is 19.4. The van der Waals surface area contributed by atoms with E-state index < -0.39 is 5.41 Å². The molecule has 6 heteroatoms. The van der Waals surface area contributed by atoms with Gasteiger partial charge in [-0.25, -0.2) is 0 Å². The van der Waals surface area contributed by atoms with Crippen molar-refractivity contribution in [3.8, 4) is 0 Å². The number of hydrogen-bond donors (Lipinski definition) is 1. The van der Waals surface area contributed by atoms with Crippen LogP contribution in [0.4, 0.5) is 0 Å². The zero-order valence-electron chi connectivity index (χ0n) is 13.8. The van der Waals surface area contributed by atoms with E-state index in [-0.39, 0.29) is 17.8 Å². The molecule has 0 aliphatic heterocycles. The number of methoxy groups -OCH3 is 1. The van der Waals surface area contributed by atoms with Crippen molar-refractivity contribution < 1.29 is 19.1 Å². The van der Waals surface area contributed by atoms with E-state index >= 15 is 0 Å². The molecule has 0 radical (unpaired) electrons. The van der Waals surface area contributed by atoms with Crippen LogP contribution in [0.2, 0.25) is 0 Å². The molecule has 0 aromatic rings. The quantitative estimate of drug-likeness (QED) is 0.542. The maximum absolute atomic E-state index is 11.8. The molecule has 0 bridgehead atoms. The SMILES string of the molecule is COC(=O)CCCN(C)C(=O)CCCNC(=O)C(C)(C)C. The highest BCUT2D eigenvalue weighted by Crippen LogP contribution is 2.12.